The molecule has 0 unspecified atom stereocenters. The second kappa shape index (κ2) is 6.63. The van der Waals surface area contributed by atoms with Crippen molar-refractivity contribution >= 4 is 5.91 Å². The van der Waals surface area contributed by atoms with E-state index < -0.39 is 0 Å². The van der Waals surface area contributed by atoms with Crippen LogP contribution < -0.4 is 5.73 Å². The Morgan fingerprint density at radius 2 is 2.21 bits per heavy atom. The van der Waals surface area contributed by atoms with Crippen molar-refractivity contribution in [3.8, 4) is 0 Å². The summed E-state index contributed by atoms with van der Waals surface area (Å²) in [5.41, 5.74) is 5.53. The first-order valence-electron chi connectivity index (χ1n) is 6.15. The van der Waals surface area contributed by atoms with Crippen molar-refractivity contribution in [3.63, 3.8) is 0 Å². The summed E-state index contributed by atoms with van der Waals surface area (Å²) in [5, 5.41) is 3.63. The molecule has 0 spiro atoms. The molecule has 108 valence electrons. The molecular formula is C12H22N4O3. The highest BCUT2D eigenvalue weighted by molar-refractivity contribution is 5.77. The first-order valence-corrected chi connectivity index (χ1v) is 6.15. The van der Waals surface area contributed by atoms with Crippen LogP contribution in [0.2, 0.25) is 0 Å². The van der Waals surface area contributed by atoms with Crippen molar-refractivity contribution in [2.75, 3.05) is 26.7 Å². The maximum absolute atomic E-state index is 11.8. The molecule has 0 aliphatic rings. The Balaban J connectivity index is 2.31. The molecule has 1 heterocycles. The average molecular weight is 270 g/mol. The van der Waals surface area contributed by atoms with E-state index in [4.69, 9.17) is 15.0 Å². The number of nitrogens with zero attached hydrogens (tertiary/aromatic N) is 3. The Bertz CT molecular complexity index is 417. The molecule has 1 rings (SSSR count). The highest BCUT2D eigenvalue weighted by atomic mass is 16.5. The van der Waals surface area contributed by atoms with Crippen LogP contribution in [-0.2, 0) is 16.1 Å². The zero-order chi connectivity index (χ0) is 14.5. The van der Waals surface area contributed by atoms with E-state index in [2.05, 4.69) is 10.1 Å². The number of rotatable bonds is 7. The van der Waals surface area contributed by atoms with Gasteiger partial charge in [-0.2, -0.15) is 4.98 Å². The minimum Gasteiger partial charge on any atom is -0.362 e. The van der Waals surface area contributed by atoms with Gasteiger partial charge < -0.3 is 19.9 Å². The van der Waals surface area contributed by atoms with Crippen LogP contribution in [0.1, 0.15) is 25.6 Å². The predicted molar refractivity (Wildman–Crippen MR) is 69.2 cm³/mol. The molecule has 0 fully saturated rings. The minimum absolute atomic E-state index is 0.0153. The van der Waals surface area contributed by atoms with E-state index in [1.807, 2.05) is 13.8 Å². The van der Waals surface area contributed by atoms with E-state index in [0.717, 1.165) is 0 Å². The molecule has 0 atom stereocenters. The molecule has 0 aliphatic carbocycles. The number of nitrogens with two attached hydrogens (primary N) is 1. The molecule has 7 nitrogen and oxygen atoms in total. The molecule has 1 aromatic heterocycles. The van der Waals surface area contributed by atoms with Gasteiger partial charge in [-0.25, -0.2) is 0 Å². The zero-order valence-electron chi connectivity index (χ0n) is 12.0. The van der Waals surface area contributed by atoms with Gasteiger partial charge in [0.25, 0.3) is 5.89 Å². The first kappa shape index (κ1) is 15.6. The van der Waals surface area contributed by atoms with Gasteiger partial charge in [0.1, 0.15) is 13.2 Å². The van der Waals surface area contributed by atoms with Crippen molar-refractivity contribution in [2.24, 2.45) is 11.1 Å². The third-order valence-electron chi connectivity index (χ3n) is 2.66. The molecule has 0 radical (unpaired) electrons. The Hall–Kier alpha value is -1.47. The Morgan fingerprint density at radius 3 is 2.74 bits per heavy atom. The van der Waals surface area contributed by atoms with Gasteiger partial charge in [-0.1, -0.05) is 19.0 Å². The van der Waals surface area contributed by atoms with E-state index in [9.17, 15) is 4.79 Å². The molecule has 19 heavy (non-hydrogen) atoms. The summed E-state index contributed by atoms with van der Waals surface area (Å²) in [4.78, 5) is 17.4. The van der Waals surface area contributed by atoms with Crippen LogP contribution in [0.4, 0.5) is 0 Å². The van der Waals surface area contributed by atoms with E-state index in [-0.39, 0.29) is 24.5 Å². The second-order valence-corrected chi connectivity index (χ2v) is 5.35. The summed E-state index contributed by atoms with van der Waals surface area (Å²) in [6.45, 7) is 6.98. The Kier molecular flexibility index (Phi) is 5.44. The van der Waals surface area contributed by atoms with E-state index >= 15 is 0 Å². The lowest BCUT2D eigenvalue weighted by Gasteiger charge is -2.28. The fraction of sp³-hybridized carbons (Fsp3) is 0.750. The number of aryl methyl sites for hydroxylation is 1. The van der Waals surface area contributed by atoms with Crippen LogP contribution >= 0.6 is 0 Å². The van der Waals surface area contributed by atoms with Crippen molar-refractivity contribution in [2.45, 2.75) is 27.4 Å². The van der Waals surface area contributed by atoms with Gasteiger partial charge in [-0.3, -0.25) is 4.79 Å². The molecule has 1 amide bonds. The lowest BCUT2D eigenvalue weighted by Crippen LogP contribution is -2.41. The summed E-state index contributed by atoms with van der Waals surface area (Å²) < 4.78 is 10.1. The van der Waals surface area contributed by atoms with E-state index in [1.165, 1.54) is 0 Å². The summed E-state index contributed by atoms with van der Waals surface area (Å²) in [6, 6.07) is 0. The third kappa shape index (κ3) is 5.35. The van der Waals surface area contributed by atoms with Crippen LogP contribution in [0.3, 0.4) is 0 Å². The number of aromatic nitrogens is 2. The minimum atomic E-state index is -0.103. The maximum atomic E-state index is 11.8. The summed E-state index contributed by atoms with van der Waals surface area (Å²) in [5.74, 6) is 0.819. The normalized spacial score (nSPS) is 11.6. The average Bonchev–Trinajstić information content (AvgIpc) is 2.74. The SMILES string of the molecule is Cc1noc(COCC(=O)N(C)CC(C)(C)CN)n1. The Labute approximate surface area is 113 Å². The lowest BCUT2D eigenvalue weighted by molar-refractivity contribution is -0.136. The second-order valence-electron chi connectivity index (χ2n) is 5.35. The lowest BCUT2D eigenvalue weighted by atomic mass is 9.93. The molecule has 1 aromatic rings. The highest BCUT2D eigenvalue weighted by Gasteiger charge is 2.21. The maximum Gasteiger partial charge on any atom is 0.252 e. The topological polar surface area (TPSA) is 94.5 Å². The van der Waals surface area contributed by atoms with Gasteiger partial charge in [-0.15, -0.1) is 0 Å². The van der Waals surface area contributed by atoms with Crippen molar-refractivity contribution < 1.29 is 14.1 Å². The largest absolute Gasteiger partial charge is 0.362 e. The van der Waals surface area contributed by atoms with Gasteiger partial charge in [0, 0.05) is 13.6 Å². The van der Waals surface area contributed by atoms with Gasteiger partial charge in [-0.05, 0) is 18.9 Å². The summed E-state index contributed by atoms with van der Waals surface area (Å²) >= 11 is 0. The fourth-order valence-corrected chi connectivity index (χ4v) is 1.53. The molecule has 2 N–H and O–H groups in total. The van der Waals surface area contributed by atoms with E-state index in [1.54, 1.807) is 18.9 Å². The molecular weight excluding hydrogens is 248 g/mol. The number of carbonyl (C=O) groups is 1. The number of likely N-dealkylation sites (N-methyl/N-ethyl adjacent to an activating group) is 1. The quantitative estimate of drug-likeness (QED) is 0.767. The summed E-state index contributed by atoms with van der Waals surface area (Å²) in [6.07, 6.45) is 0. The number of carbonyl (C=O) groups excluding carboxylic acids is 1. The molecule has 0 bridgehead atoms. The van der Waals surface area contributed by atoms with Crippen molar-refractivity contribution in [1.82, 2.24) is 15.0 Å². The standard InChI is InChI=1S/C12H22N4O3/c1-9-14-10(19-15-9)5-18-6-11(17)16(4)8-12(2,3)7-13/h5-8,13H2,1-4H3. The first-order chi connectivity index (χ1) is 8.84. The number of hydrogen-bond donors (Lipinski definition) is 1. The van der Waals surface area contributed by atoms with Gasteiger partial charge in [0.2, 0.25) is 5.91 Å². The molecule has 0 saturated heterocycles. The van der Waals surface area contributed by atoms with Crippen LogP contribution in [0.15, 0.2) is 4.52 Å². The fourth-order valence-electron chi connectivity index (χ4n) is 1.53. The molecule has 7 heteroatoms. The van der Waals surface area contributed by atoms with Crippen molar-refractivity contribution in [3.05, 3.63) is 11.7 Å². The van der Waals surface area contributed by atoms with Crippen LogP contribution in [-0.4, -0.2) is 47.7 Å². The molecule has 0 aromatic carbocycles. The smallest absolute Gasteiger partial charge is 0.252 e. The van der Waals surface area contributed by atoms with Crippen LogP contribution in [0.25, 0.3) is 0 Å². The van der Waals surface area contributed by atoms with Gasteiger partial charge >= 0.3 is 0 Å². The number of hydrogen-bond acceptors (Lipinski definition) is 6. The van der Waals surface area contributed by atoms with Gasteiger partial charge in [0.15, 0.2) is 5.82 Å². The van der Waals surface area contributed by atoms with E-state index in [0.29, 0.717) is 24.8 Å². The third-order valence-corrected chi connectivity index (χ3v) is 2.66. The van der Waals surface area contributed by atoms with Gasteiger partial charge in [0.05, 0.1) is 0 Å². The van der Waals surface area contributed by atoms with Crippen molar-refractivity contribution in [1.29, 1.82) is 0 Å². The monoisotopic (exact) mass is 270 g/mol. The van der Waals surface area contributed by atoms with Crippen LogP contribution in [0.5, 0.6) is 0 Å². The molecule has 0 aliphatic heterocycles. The predicted octanol–water partition coefficient (Wildman–Crippen LogP) is 0.338. The zero-order valence-corrected chi connectivity index (χ0v) is 12.0. The molecule has 0 saturated carbocycles. The number of amides is 1. The van der Waals surface area contributed by atoms with Crippen LogP contribution in [0, 0.1) is 12.3 Å². The Morgan fingerprint density at radius 1 is 1.53 bits per heavy atom. The highest BCUT2D eigenvalue weighted by Crippen LogP contribution is 2.13. The summed E-state index contributed by atoms with van der Waals surface area (Å²) in [7, 11) is 1.74. The number of ether oxygens (including phenoxy) is 1.